The fourth-order valence-electron chi connectivity index (χ4n) is 6.71. The summed E-state index contributed by atoms with van der Waals surface area (Å²) >= 11 is 0. The van der Waals surface area contributed by atoms with E-state index in [9.17, 15) is 24.0 Å². The third-order valence-corrected chi connectivity index (χ3v) is 8.78. The minimum absolute atomic E-state index is 0.0398. The summed E-state index contributed by atoms with van der Waals surface area (Å²) in [6.07, 6.45) is 7.59. The molecule has 1 heterocycles. The molecule has 5 atom stereocenters. The fourth-order valence-corrected chi connectivity index (χ4v) is 6.71. The summed E-state index contributed by atoms with van der Waals surface area (Å²) in [5, 5.41) is 17.9. The molecule has 2 fully saturated rings. The molecule has 2 saturated carbocycles. The molecule has 38 heavy (non-hydrogen) atoms. The average molecular weight is 531 g/mol. The number of aliphatic carboxylic acids is 2. The lowest BCUT2D eigenvalue weighted by Crippen LogP contribution is -2.56. The SMILES string of the molecule is C=C1CCC2[C@](C)(CCC(=O)CCC(=O)O)[C@H](OC(=O)CCC(=O)O)CC[C@@]2(C)[C@@H]1/C=C/C1=CCOC1=O. The summed E-state index contributed by atoms with van der Waals surface area (Å²) in [5.74, 6) is -3.19. The first-order chi connectivity index (χ1) is 17.9. The Morgan fingerprint density at radius 1 is 1.08 bits per heavy atom. The number of Topliss-reactive ketones (excluding diaryl/α,β-unsaturated/α-hetero) is 1. The van der Waals surface area contributed by atoms with E-state index >= 15 is 0 Å². The lowest BCUT2D eigenvalue weighted by atomic mass is 9.45. The molecule has 9 heteroatoms. The van der Waals surface area contributed by atoms with E-state index in [0.717, 1.165) is 18.4 Å². The molecule has 0 saturated heterocycles. The predicted molar refractivity (Wildman–Crippen MR) is 137 cm³/mol. The van der Waals surface area contributed by atoms with Crippen molar-refractivity contribution in [2.45, 2.75) is 84.2 Å². The van der Waals surface area contributed by atoms with Crippen LogP contribution < -0.4 is 0 Å². The van der Waals surface area contributed by atoms with Crippen molar-refractivity contribution in [3.05, 3.63) is 36.0 Å². The van der Waals surface area contributed by atoms with Gasteiger partial charge in [-0.15, -0.1) is 0 Å². The lowest BCUT2D eigenvalue weighted by Gasteiger charge is -2.60. The molecule has 0 radical (unpaired) electrons. The van der Waals surface area contributed by atoms with Gasteiger partial charge in [-0.25, -0.2) is 4.79 Å². The maximum Gasteiger partial charge on any atom is 0.338 e. The number of cyclic esters (lactones) is 1. The molecule has 3 rings (SSSR count). The Kier molecular flexibility index (Phi) is 9.33. The van der Waals surface area contributed by atoms with Crippen molar-refractivity contribution in [1.29, 1.82) is 0 Å². The molecule has 0 aromatic rings. The van der Waals surface area contributed by atoms with Crippen LogP contribution in [0.15, 0.2) is 36.0 Å². The molecule has 0 aromatic heterocycles. The van der Waals surface area contributed by atoms with Gasteiger partial charge in [0.2, 0.25) is 0 Å². The van der Waals surface area contributed by atoms with Crippen LogP contribution in [-0.2, 0) is 33.4 Å². The molecule has 9 nitrogen and oxygen atoms in total. The molecular weight excluding hydrogens is 492 g/mol. The zero-order valence-corrected chi connectivity index (χ0v) is 22.2. The van der Waals surface area contributed by atoms with E-state index in [4.69, 9.17) is 19.7 Å². The van der Waals surface area contributed by atoms with E-state index < -0.39 is 29.4 Å². The molecule has 3 aliphatic rings. The Balaban J connectivity index is 1.88. The summed E-state index contributed by atoms with van der Waals surface area (Å²) in [4.78, 5) is 59.0. The summed E-state index contributed by atoms with van der Waals surface area (Å²) < 4.78 is 10.9. The van der Waals surface area contributed by atoms with Gasteiger partial charge in [0.05, 0.1) is 24.8 Å². The summed E-state index contributed by atoms with van der Waals surface area (Å²) in [6, 6.07) is 0. The number of fused-ring (bicyclic) bond motifs is 1. The summed E-state index contributed by atoms with van der Waals surface area (Å²) in [5.41, 5.74) is 0.695. The van der Waals surface area contributed by atoms with Crippen molar-refractivity contribution in [3.63, 3.8) is 0 Å². The van der Waals surface area contributed by atoms with E-state index in [-0.39, 0.29) is 67.7 Å². The second kappa shape index (κ2) is 12.1. The number of carboxylic acids is 2. The normalized spacial score (nSPS) is 30.9. The van der Waals surface area contributed by atoms with Gasteiger partial charge in [0.15, 0.2) is 0 Å². The lowest BCUT2D eigenvalue weighted by molar-refractivity contribution is -0.180. The van der Waals surface area contributed by atoms with Crippen LogP contribution in [0.5, 0.6) is 0 Å². The van der Waals surface area contributed by atoms with Crippen molar-refractivity contribution >= 4 is 29.7 Å². The smallest absolute Gasteiger partial charge is 0.338 e. The van der Waals surface area contributed by atoms with Gasteiger partial charge in [-0.1, -0.05) is 38.2 Å². The molecule has 1 aliphatic heterocycles. The van der Waals surface area contributed by atoms with Crippen LogP contribution in [-0.4, -0.2) is 52.6 Å². The predicted octanol–water partition coefficient (Wildman–Crippen LogP) is 4.41. The van der Waals surface area contributed by atoms with Crippen molar-refractivity contribution in [1.82, 2.24) is 0 Å². The van der Waals surface area contributed by atoms with E-state index in [1.54, 1.807) is 12.2 Å². The largest absolute Gasteiger partial charge is 0.481 e. The average Bonchev–Trinajstić information content (AvgIpc) is 3.26. The number of hydrogen-bond donors (Lipinski definition) is 2. The van der Waals surface area contributed by atoms with E-state index in [1.165, 1.54) is 0 Å². The number of ether oxygens (including phenoxy) is 2. The first kappa shape index (κ1) is 29.3. The molecule has 0 spiro atoms. The topological polar surface area (TPSA) is 144 Å². The zero-order valence-electron chi connectivity index (χ0n) is 22.2. The number of rotatable bonds is 12. The molecule has 2 N–H and O–H groups in total. The van der Waals surface area contributed by atoms with Gasteiger partial charge in [0.1, 0.15) is 18.5 Å². The second-order valence-electron chi connectivity index (χ2n) is 11.2. The number of hydrogen-bond acceptors (Lipinski definition) is 7. The zero-order chi connectivity index (χ0) is 28.1. The Hall–Kier alpha value is -3.23. The maximum absolute atomic E-state index is 12.6. The first-order valence-electron chi connectivity index (χ1n) is 13.2. The highest BCUT2D eigenvalue weighted by Gasteiger charge is 2.58. The van der Waals surface area contributed by atoms with Crippen LogP contribution in [0.2, 0.25) is 0 Å². The quantitative estimate of drug-likeness (QED) is 0.277. The number of ketones is 1. The van der Waals surface area contributed by atoms with Gasteiger partial charge >= 0.3 is 23.9 Å². The van der Waals surface area contributed by atoms with Gasteiger partial charge in [-0.05, 0) is 49.5 Å². The highest BCUT2D eigenvalue weighted by Crippen LogP contribution is 2.63. The molecule has 0 amide bonds. The molecule has 0 bridgehead atoms. The molecule has 208 valence electrons. The number of carboxylic acid groups (broad SMARTS) is 2. The van der Waals surface area contributed by atoms with Crippen LogP contribution in [0.3, 0.4) is 0 Å². The van der Waals surface area contributed by atoms with Crippen LogP contribution in [0.25, 0.3) is 0 Å². The maximum atomic E-state index is 12.6. The van der Waals surface area contributed by atoms with Gasteiger partial charge in [0, 0.05) is 24.2 Å². The highest BCUT2D eigenvalue weighted by atomic mass is 16.5. The standard InChI is InChI=1S/C29H38O9/c1-18-4-8-22-28(2,21(18)7-5-19-14-17-37-27(19)36)16-13-23(38-26(35)11-10-25(33)34)29(22,3)15-12-20(30)6-9-24(31)32/h5,7,14,21-23H,1,4,6,8-13,15-17H2,2-3H3,(H,31,32)(H,33,34)/b7-5+/t21-,22?,23-,28+,29+/m1/s1. The molecular formula is C29H38O9. The van der Waals surface area contributed by atoms with Crippen molar-refractivity contribution in [2.24, 2.45) is 22.7 Å². The van der Waals surface area contributed by atoms with Gasteiger partial charge in [0.25, 0.3) is 0 Å². The van der Waals surface area contributed by atoms with Crippen LogP contribution in [0, 0.1) is 22.7 Å². The molecule has 0 aromatic carbocycles. The van der Waals surface area contributed by atoms with Gasteiger partial charge in [-0.3, -0.25) is 19.2 Å². The number of esters is 2. The minimum Gasteiger partial charge on any atom is -0.481 e. The Bertz CT molecular complexity index is 1050. The Labute approximate surface area is 222 Å². The fraction of sp³-hybridized carbons (Fsp3) is 0.621. The Morgan fingerprint density at radius 3 is 2.39 bits per heavy atom. The monoisotopic (exact) mass is 530 g/mol. The van der Waals surface area contributed by atoms with Gasteiger partial charge < -0.3 is 19.7 Å². The minimum atomic E-state index is -1.08. The number of carbonyl (C=O) groups is 5. The molecule has 1 unspecified atom stereocenters. The first-order valence-corrected chi connectivity index (χ1v) is 13.2. The number of carbonyl (C=O) groups excluding carboxylic acids is 3. The van der Waals surface area contributed by atoms with Crippen LogP contribution in [0.4, 0.5) is 0 Å². The van der Waals surface area contributed by atoms with E-state index in [2.05, 4.69) is 13.5 Å². The summed E-state index contributed by atoms with van der Waals surface area (Å²) in [7, 11) is 0. The van der Waals surface area contributed by atoms with E-state index in [0.29, 0.717) is 24.8 Å². The Morgan fingerprint density at radius 2 is 1.76 bits per heavy atom. The number of allylic oxidation sites excluding steroid dienone is 2. The van der Waals surface area contributed by atoms with Crippen molar-refractivity contribution in [3.8, 4) is 0 Å². The summed E-state index contributed by atoms with van der Waals surface area (Å²) in [6.45, 7) is 8.80. The van der Waals surface area contributed by atoms with Gasteiger partial charge in [-0.2, -0.15) is 0 Å². The second-order valence-corrected chi connectivity index (χ2v) is 11.2. The highest BCUT2D eigenvalue weighted by molar-refractivity contribution is 5.93. The van der Waals surface area contributed by atoms with E-state index in [1.807, 2.05) is 13.0 Å². The van der Waals surface area contributed by atoms with Crippen LogP contribution >= 0.6 is 0 Å². The third-order valence-electron chi connectivity index (χ3n) is 8.78. The van der Waals surface area contributed by atoms with Crippen molar-refractivity contribution in [2.75, 3.05) is 6.61 Å². The third kappa shape index (κ3) is 6.60. The van der Waals surface area contributed by atoms with Crippen molar-refractivity contribution < 1.29 is 43.7 Å². The van der Waals surface area contributed by atoms with Crippen LogP contribution in [0.1, 0.15) is 78.1 Å². The molecule has 2 aliphatic carbocycles.